The Morgan fingerprint density at radius 3 is 2.40 bits per heavy atom. The summed E-state index contributed by atoms with van der Waals surface area (Å²) in [4.78, 5) is 26.4. The molecule has 220 valence electrons. The largest absolute Gasteiger partial charge is 0.388 e. The van der Waals surface area contributed by atoms with E-state index in [0.717, 1.165) is 19.5 Å². The molecule has 2 aromatic carbocycles. The van der Waals surface area contributed by atoms with E-state index in [1.165, 1.54) is 11.1 Å². The van der Waals surface area contributed by atoms with Crippen molar-refractivity contribution in [2.45, 2.75) is 62.4 Å². The molecule has 2 fully saturated rings. The number of nitrogens with zero attached hydrogens (tertiary/aromatic N) is 4. The van der Waals surface area contributed by atoms with Crippen LogP contribution in [-0.4, -0.2) is 79.6 Å². The molecule has 1 aliphatic carbocycles. The lowest BCUT2D eigenvalue weighted by atomic mass is 9.91. The van der Waals surface area contributed by atoms with Crippen LogP contribution in [0.5, 0.6) is 0 Å². The number of nitrogens with one attached hydrogen (secondary N) is 4. The van der Waals surface area contributed by atoms with Crippen LogP contribution < -0.4 is 21.3 Å². The van der Waals surface area contributed by atoms with Crippen LogP contribution in [0.15, 0.2) is 67.0 Å². The van der Waals surface area contributed by atoms with Crippen LogP contribution in [-0.2, 0) is 4.79 Å². The van der Waals surface area contributed by atoms with Crippen molar-refractivity contribution in [2.24, 2.45) is 0 Å². The summed E-state index contributed by atoms with van der Waals surface area (Å²) in [5.74, 6) is 0.970. The SMILES string of the molecule is CCC(=O)N[C@H]1C[C@@H](n2cnc3c(NCC(c4ccccc4)c4ccccc4)nc(N[C@@H]4CCNC4)nc32)C(O)C1O. The Bertz CT molecular complexity index is 1450. The second-order valence-electron chi connectivity index (χ2n) is 11.1. The monoisotopic (exact) mass is 570 g/mol. The minimum absolute atomic E-state index is 0.0738. The van der Waals surface area contributed by atoms with Crippen LogP contribution in [0.1, 0.15) is 49.3 Å². The van der Waals surface area contributed by atoms with E-state index in [2.05, 4.69) is 50.5 Å². The van der Waals surface area contributed by atoms with Crippen molar-refractivity contribution in [3.63, 3.8) is 0 Å². The zero-order valence-electron chi connectivity index (χ0n) is 23.6. The molecule has 0 spiro atoms. The molecule has 3 heterocycles. The summed E-state index contributed by atoms with van der Waals surface area (Å²) in [6.45, 7) is 4.08. The lowest BCUT2D eigenvalue weighted by molar-refractivity contribution is -0.122. The van der Waals surface area contributed by atoms with Gasteiger partial charge in [0.15, 0.2) is 17.0 Å². The van der Waals surface area contributed by atoms with E-state index in [-0.39, 0.29) is 17.9 Å². The van der Waals surface area contributed by atoms with Gasteiger partial charge in [0.05, 0.1) is 18.4 Å². The maximum absolute atomic E-state index is 12.0. The third-order valence-corrected chi connectivity index (χ3v) is 8.37. The van der Waals surface area contributed by atoms with Crippen LogP contribution in [0.3, 0.4) is 0 Å². The van der Waals surface area contributed by atoms with Crippen LogP contribution in [0, 0.1) is 0 Å². The average Bonchev–Trinajstić information content (AvgIpc) is 3.75. The Morgan fingerprint density at radius 1 is 1.05 bits per heavy atom. The second-order valence-corrected chi connectivity index (χ2v) is 11.1. The maximum Gasteiger partial charge on any atom is 0.227 e. The van der Waals surface area contributed by atoms with Crippen molar-refractivity contribution in [1.82, 2.24) is 30.2 Å². The summed E-state index contributed by atoms with van der Waals surface area (Å²) in [7, 11) is 0. The normalized spacial score (nSPS) is 23.9. The van der Waals surface area contributed by atoms with Crippen molar-refractivity contribution >= 4 is 28.8 Å². The summed E-state index contributed by atoms with van der Waals surface area (Å²) >= 11 is 0. The fraction of sp³-hybridized carbons (Fsp3) is 0.419. The number of carbonyl (C=O) groups is 1. The Kier molecular flexibility index (Phi) is 8.31. The molecule has 42 heavy (non-hydrogen) atoms. The number of aromatic nitrogens is 4. The molecule has 1 saturated carbocycles. The van der Waals surface area contributed by atoms with Gasteiger partial charge in [0.1, 0.15) is 12.2 Å². The molecule has 2 unspecified atom stereocenters. The number of carbonyl (C=O) groups excluding carboxylic acids is 1. The van der Waals surface area contributed by atoms with E-state index in [4.69, 9.17) is 9.97 Å². The molecule has 2 aliphatic rings. The number of imidazole rings is 1. The summed E-state index contributed by atoms with van der Waals surface area (Å²) < 4.78 is 1.80. The number of amides is 1. The number of benzene rings is 2. The molecular formula is C31H38N8O3. The summed E-state index contributed by atoms with van der Waals surface area (Å²) in [5.41, 5.74) is 3.50. The molecule has 6 N–H and O–H groups in total. The lowest BCUT2D eigenvalue weighted by Crippen LogP contribution is -2.42. The lowest BCUT2D eigenvalue weighted by Gasteiger charge is -2.21. The molecule has 4 aromatic rings. The topological polar surface area (TPSA) is 149 Å². The van der Waals surface area contributed by atoms with E-state index in [1.807, 2.05) is 36.4 Å². The average molecular weight is 571 g/mol. The number of rotatable bonds is 10. The standard InChI is InChI=1S/C31H38N8O3/c1-2-25(40)36-23-15-24(28(42)27(23)41)39-18-34-26-29(37-31(38-30(26)39)35-21-13-14-32-16-21)33-17-22(19-9-5-3-6-10-19)20-11-7-4-8-12-20/h3-12,18,21-24,27-28,32,41-42H,2,13-17H2,1H3,(H,36,40)(H2,33,35,37,38)/t21-,23+,24-,27?,28?/m1/s1. The van der Waals surface area contributed by atoms with Gasteiger partial charge in [-0.05, 0) is 30.5 Å². The quantitative estimate of drug-likeness (QED) is 0.169. The van der Waals surface area contributed by atoms with Gasteiger partial charge in [-0.15, -0.1) is 0 Å². The molecule has 11 nitrogen and oxygen atoms in total. The first-order valence-corrected chi connectivity index (χ1v) is 14.7. The Morgan fingerprint density at radius 2 is 1.76 bits per heavy atom. The molecule has 1 aliphatic heterocycles. The Labute approximate surface area is 244 Å². The Hall–Kier alpha value is -4.06. The van der Waals surface area contributed by atoms with Gasteiger partial charge in [0, 0.05) is 31.5 Å². The minimum atomic E-state index is -1.10. The van der Waals surface area contributed by atoms with E-state index < -0.39 is 24.3 Å². The predicted molar refractivity (Wildman–Crippen MR) is 161 cm³/mol. The van der Waals surface area contributed by atoms with E-state index in [9.17, 15) is 15.0 Å². The van der Waals surface area contributed by atoms with Crippen LogP contribution in [0.2, 0.25) is 0 Å². The first-order chi connectivity index (χ1) is 20.5. The van der Waals surface area contributed by atoms with Crippen molar-refractivity contribution in [3.8, 4) is 0 Å². The molecule has 5 atom stereocenters. The molecule has 11 heteroatoms. The number of aliphatic hydroxyl groups is 2. The van der Waals surface area contributed by atoms with Gasteiger partial charge in [-0.1, -0.05) is 67.6 Å². The third kappa shape index (κ3) is 5.80. The van der Waals surface area contributed by atoms with Gasteiger partial charge >= 0.3 is 0 Å². The first-order valence-electron chi connectivity index (χ1n) is 14.7. The summed E-state index contributed by atoms with van der Waals surface area (Å²) in [6, 6.07) is 19.9. The van der Waals surface area contributed by atoms with E-state index >= 15 is 0 Å². The van der Waals surface area contributed by atoms with Gasteiger partial charge in [0.2, 0.25) is 11.9 Å². The van der Waals surface area contributed by atoms with Crippen molar-refractivity contribution in [3.05, 3.63) is 78.1 Å². The fourth-order valence-corrected chi connectivity index (χ4v) is 6.04. The van der Waals surface area contributed by atoms with Gasteiger partial charge in [-0.3, -0.25) is 4.79 Å². The molecule has 0 bridgehead atoms. The first kappa shape index (κ1) is 28.1. The third-order valence-electron chi connectivity index (χ3n) is 8.37. The van der Waals surface area contributed by atoms with Crippen molar-refractivity contribution < 1.29 is 15.0 Å². The second kappa shape index (κ2) is 12.4. The van der Waals surface area contributed by atoms with Gasteiger partial charge < -0.3 is 36.0 Å². The van der Waals surface area contributed by atoms with E-state index in [1.54, 1.807) is 17.8 Å². The Balaban J connectivity index is 1.34. The summed E-state index contributed by atoms with van der Waals surface area (Å²) in [5, 5.41) is 35.0. The predicted octanol–water partition coefficient (Wildman–Crippen LogP) is 2.41. The number of anilines is 2. The molecule has 2 aromatic heterocycles. The number of aliphatic hydroxyl groups excluding tert-OH is 2. The molecule has 6 rings (SSSR count). The van der Waals surface area contributed by atoms with Crippen molar-refractivity contribution in [1.29, 1.82) is 0 Å². The minimum Gasteiger partial charge on any atom is -0.388 e. The van der Waals surface area contributed by atoms with Crippen LogP contribution in [0.4, 0.5) is 11.8 Å². The highest BCUT2D eigenvalue weighted by Gasteiger charge is 2.43. The molecule has 1 saturated heterocycles. The molecule has 1 amide bonds. The van der Waals surface area contributed by atoms with Gasteiger partial charge in [-0.2, -0.15) is 9.97 Å². The van der Waals surface area contributed by atoms with E-state index in [0.29, 0.717) is 42.3 Å². The van der Waals surface area contributed by atoms with Gasteiger partial charge in [0.25, 0.3) is 0 Å². The molecule has 0 radical (unpaired) electrons. The highest BCUT2D eigenvalue weighted by molar-refractivity contribution is 5.84. The zero-order valence-corrected chi connectivity index (χ0v) is 23.6. The maximum atomic E-state index is 12.0. The smallest absolute Gasteiger partial charge is 0.227 e. The highest BCUT2D eigenvalue weighted by Crippen LogP contribution is 2.35. The summed E-state index contributed by atoms with van der Waals surface area (Å²) in [6.07, 6.45) is 1.07. The van der Waals surface area contributed by atoms with Crippen LogP contribution >= 0.6 is 0 Å². The molecular weight excluding hydrogens is 532 g/mol. The number of fused-ring (bicyclic) bond motifs is 1. The van der Waals surface area contributed by atoms with Gasteiger partial charge in [-0.25, -0.2) is 4.98 Å². The number of hydrogen-bond donors (Lipinski definition) is 6. The zero-order chi connectivity index (χ0) is 29.1. The highest BCUT2D eigenvalue weighted by atomic mass is 16.3. The number of hydrogen-bond acceptors (Lipinski definition) is 9. The van der Waals surface area contributed by atoms with Crippen LogP contribution in [0.25, 0.3) is 11.2 Å². The van der Waals surface area contributed by atoms with Crippen molar-refractivity contribution in [2.75, 3.05) is 30.3 Å². The fourth-order valence-electron chi connectivity index (χ4n) is 6.04.